The summed E-state index contributed by atoms with van der Waals surface area (Å²) < 4.78 is 18.3. The molecule has 0 aliphatic carbocycles. The first-order valence-electron chi connectivity index (χ1n) is 8.50. The van der Waals surface area contributed by atoms with Gasteiger partial charge in [-0.2, -0.15) is 0 Å². The van der Waals surface area contributed by atoms with Crippen LogP contribution in [0.5, 0.6) is 0 Å². The Morgan fingerprint density at radius 3 is 2.67 bits per heavy atom. The van der Waals surface area contributed by atoms with Crippen LogP contribution < -0.4 is 5.32 Å². The van der Waals surface area contributed by atoms with Crippen molar-refractivity contribution < 1.29 is 28.3 Å². The highest BCUT2D eigenvalue weighted by Gasteiger charge is 2.35. The Bertz CT molecular complexity index is 819. The summed E-state index contributed by atoms with van der Waals surface area (Å²) in [5, 5.41) is 11.8. The summed E-state index contributed by atoms with van der Waals surface area (Å²) >= 11 is 0. The molecule has 2 amide bonds. The molecule has 0 saturated carbocycles. The Kier molecular flexibility index (Phi) is 5.54. The zero-order valence-corrected chi connectivity index (χ0v) is 14.4. The molecule has 27 heavy (non-hydrogen) atoms. The number of nitrogens with zero attached hydrogens (tertiary/aromatic N) is 1. The summed E-state index contributed by atoms with van der Waals surface area (Å²) in [6, 6.07) is 7.96. The maximum absolute atomic E-state index is 13.1. The number of aliphatic carboxylic acids is 1. The fourth-order valence-electron chi connectivity index (χ4n) is 3.10. The van der Waals surface area contributed by atoms with Crippen LogP contribution >= 0.6 is 0 Å². The Hall–Kier alpha value is -3.16. The van der Waals surface area contributed by atoms with E-state index < -0.39 is 29.7 Å². The van der Waals surface area contributed by atoms with Crippen LogP contribution in [0.3, 0.4) is 0 Å². The van der Waals surface area contributed by atoms with Crippen LogP contribution in [0.2, 0.25) is 0 Å². The fraction of sp³-hybridized carbons (Fsp3) is 0.316. The normalized spacial score (nSPS) is 17.7. The highest BCUT2D eigenvalue weighted by atomic mass is 19.1. The van der Waals surface area contributed by atoms with Gasteiger partial charge >= 0.3 is 5.97 Å². The van der Waals surface area contributed by atoms with Crippen molar-refractivity contribution in [1.29, 1.82) is 0 Å². The number of amides is 2. The topological polar surface area (TPSA) is 99.8 Å². The Balaban J connectivity index is 1.65. The van der Waals surface area contributed by atoms with Crippen molar-refractivity contribution in [3.8, 4) is 0 Å². The summed E-state index contributed by atoms with van der Waals surface area (Å²) in [6.07, 6.45) is 1.23. The van der Waals surface area contributed by atoms with Gasteiger partial charge in [0.25, 0.3) is 0 Å². The average molecular weight is 374 g/mol. The zero-order valence-electron chi connectivity index (χ0n) is 14.4. The molecule has 2 aromatic rings. The molecule has 2 N–H and O–H groups in total. The molecule has 0 spiro atoms. The number of rotatable bonds is 7. The maximum Gasteiger partial charge on any atom is 0.305 e. The third kappa shape index (κ3) is 4.72. The van der Waals surface area contributed by atoms with Crippen LogP contribution in [0.15, 0.2) is 47.1 Å². The lowest BCUT2D eigenvalue weighted by molar-refractivity contribution is -0.138. The van der Waals surface area contributed by atoms with Crippen LogP contribution in [-0.2, 0) is 20.9 Å². The SMILES string of the molecule is O=C(O)C[C@H](NC(=O)[C@@H]1CC(=O)N(Cc2ccco2)C1)c1ccc(F)cc1. The molecule has 0 unspecified atom stereocenters. The molecule has 142 valence electrons. The minimum absolute atomic E-state index is 0.0513. The molecule has 1 fully saturated rings. The van der Waals surface area contributed by atoms with Gasteiger partial charge in [0.2, 0.25) is 11.8 Å². The van der Waals surface area contributed by atoms with E-state index in [1.807, 2.05) is 0 Å². The summed E-state index contributed by atoms with van der Waals surface area (Å²) in [5.74, 6) is -2.06. The van der Waals surface area contributed by atoms with Gasteiger partial charge in [-0.3, -0.25) is 14.4 Å². The minimum Gasteiger partial charge on any atom is -0.481 e. The summed E-state index contributed by atoms with van der Waals surface area (Å²) in [7, 11) is 0. The van der Waals surface area contributed by atoms with Gasteiger partial charge in [0, 0.05) is 13.0 Å². The second-order valence-corrected chi connectivity index (χ2v) is 6.47. The minimum atomic E-state index is -1.09. The zero-order chi connectivity index (χ0) is 19.4. The number of benzene rings is 1. The quantitative estimate of drug-likeness (QED) is 0.773. The van der Waals surface area contributed by atoms with E-state index in [2.05, 4.69) is 5.32 Å². The predicted molar refractivity (Wildman–Crippen MR) is 91.8 cm³/mol. The Morgan fingerprint density at radius 1 is 1.30 bits per heavy atom. The summed E-state index contributed by atoms with van der Waals surface area (Å²) in [5.41, 5.74) is 0.490. The average Bonchev–Trinajstić information content (AvgIpc) is 3.25. The monoisotopic (exact) mass is 374 g/mol. The largest absolute Gasteiger partial charge is 0.481 e. The van der Waals surface area contributed by atoms with Crippen molar-refractivity contribution >= 4 is 17.8 Å². The number of hydrogen-bond acceptors (Lipinski definition) is 4. The number of likely N-dealkylation sites (tertiary alicyclic amines) is 1. The van der Waals surface area contributed by atoms with E-state index in [9.17, 15) is 18.8 Å². The highest BCUT2D eigenvalue weighted by molar-refractivity contribution is 5.89. The predicted octanol–water partition coefficient (Wildman–Crippen LogP) is 2.10. The number of hydrogen-bond donors (Lipinski definition) is 2. The first kappa shape index (κ1) is 18.6. The van der Waals surface area contributed by atoms with Crippen molar-refractivity contribution in [3.05, 3.63) is 59.8 Å². The molecule has 8 heteroatoms. The molecule has 1 saturated heterocycles. The Morgan fingerprint density at radius 2 is 2.04 bits per heavy atom. The van der Waals surface area contributed by atoms with E-state index in [0.717, 1.165) is 0 Å². The lowest BCUT2D eigenvalue weighted by atomic mass is 10.0. The van der Waals surface area contributed by atoms with E-state index in [0.29, 0.717) is 11.3 Å². The second-order valence-electron chi connectivity index (χ2n) is 6.47. The lowest BCUT2D eigenvalue weighted by Gasteiger charge is -2.20. The molecule has 7 nitrogen and oxygen atoms in total. The van der Waals surface area contributed by atoms with E-state index in [1.165, 1.54) is 35.4 Å². The number of carboxylic acids is 1. The van der Waals surface area contributed by atoms with Crippen LogP contribution in [0.1, 0.15) is 30.2 Å². The number of furan rings is 1. The van der Waals surface area contributed by atoms with Crippen molar-refractivity contribution in [3.63, 3.8) is 0 Å². The molecule has 0 bridgehead atoms. The maximum atomic E-state index is 13.1. The van der Waals surface area contributed by atoms with Crippen LogP contribution in [0, 0.1) is 11.7 Å². The van der Waals surface area contributed by atoms with E-state index in [4.69, 9.17) is 9.52 Å². The highest BCUT2D eigenvalue weighted by Crippen LogP contribution is 2.23. The second kappa shape index (κ2) is 8.03. The molecular formula is C19H19FN2O5. The third-order valence-corrected chi connectivity index (χ3v) is 4.48. The van der Waals surface area contributed by atoms with Gasteiger partial charge in [-0.25, -0.2) is 4.39 Å². The van der Waals surface area contributed by atoms with Crippen molar-refractivity contribution in [2.45, 2.75) is 25.4 Å². The Labute approximate surface area is 154 Å². The van der Waals surface area contributed by atoms with Gasteiger partial charge in [-0.15, -0.1) is 0 Å². The molecule has 1 aliphatic rings. The molecule has 1 aromatic carbocycles. The lowest BCUT2D eigenvalue weighted by Crippen LogP contribution is -2.36. The van der Waals surface area contributed by atoms with Crippen molar-refractivity contribution in [2.24, 2.45) is 5.92 Å². The number of halogens is 1. The van der Waals surface area contributed by atoms with Gasteiger partial charge in [0.1, 0.15) is 11.6 Å². The smallest absolute Gasteiger partial charge is 0.305 e. The van der Waals surface area contributed by atoms with Gasteiger partial charge in [0.05, 0.1) is 31.2 Å². The van der Waals surface area contributed by atoms with Crippen LogP contribution in [0.25, 0.3) is 0 Å². The fourth-order valence-corrected chi connectivity index (χ4v) is 3.10. The number of carbonyl (C=O) groups is 3. The van der Waals surface area contributed by atoms with E-state index >= 15 is 0 Å². The van der Waals surface area contributed by atoms with Gasteiger partial charge in [-0.05, 0) is 29.8 Å². The first-order valence-corrected chi connectivity index (χ1v) is 8.50. The van der Waals surface area contributed by atoms with Gasteiger partial charge < -0.3 is 19.7 Å². The van der Waals surface area contributed by atoms with E-state index in [-0.39, 0.29) is 31.8 Å². The van der Waals surface area contributed by atoms with E-state index in [1.54, 1.807) is 12.1 Å². The van der Waals surface area contributed by atoms with Gasteiger partial charge in [0.15, 0.2) is 0 Å². The summed E-state index contributed by atoms with van der Waals surface area (Å²) in [4.78, 5) is 37.4. The molecule has 1 aromatic heterocycles. The van der Waals surface area contributed by atoms with Gasteiger partial charge in [-0.1, -0.05) is 12.1 Å². The summed E-state index contributed by atoms with van der Waals surface area (Å²) in [6.45, 7) is 0.515. The number of carbonyl (C=O) groups excluding carboxylic acids is 2. The van der Waals surface area contributed by atoms with Crippen LogP contribution in [-0.4, -0.2) is 34.3 Å². The third-order valence-electron chi connectivity index (χ3n) is 4.48. The van der Waals surface area contributed by atoms with Crippen molar-refractivity contribution in [2.75, 3.05) is 6.54 Å². The molecule has 2 heterocycles. The number of nitrogens with one attached hydrogen (secondary N) is 1. The van der Waals surface area contributed by atoms with Crippen LogP contribution in [0.4, 0.5) is 4.39 Å². The first-order chi connectivity index (χ1) is 12.9. The molecule has 2 atom stereocenters. The molecule has 0 radical (unpaired) electrons. The standard InChI is InChI=1S/C19H19FN2O5/c20-14-5-3-12(4-6-14)16(9-18(24)25)21-19(26)13-8-17(23)22(10-13)11-15-2-1-7-27-15/h1-7,13,16H,8-11H2,(H,21,26)(H,24,25)/t13-,16+/m1/s1. The molecule has 1 aliphatic heterocycles. The number of carboxylic acid groups (broad SMARTS) is 1. The molecule has 3 rings (SSSR count). The molecular weight excluding hydrogens is 355 g/mol. The van der Waals surface area contributed by atoms with Crippen molar-refractivity contribution in [1.82, 2.24) is 10.2 Å².